The van der Waals surface area contributed by atoms with Crippen molar-refractivity contribution >= 4 is 9.84 Å². The van der Waals surface area contributed by atoms with Gasteiger partial charge in [-0.05, 0) is 18.9 Å². The molecule has 0 unspecified atom stereocenters. The third-order valence-electron chi connectivity index (χ3n) is 3.77. The highest BCUT2D eigenvalue weighted by molar-refractivity contribution is 7.91. The Bertz CT molecular complexity index is 499. The second-order valence-corrected chi connectivity index (χ2v) is 7.17. The van der Waals surface area contributed by atoms with Crippen molar-refractivity contribution < 1.29 is 13.5 Å². The molecule has 0 radical (unpaired) electrons. The number of hydrogen-bond acceptors (Lipinski definition) is 3. The Labute approximate surface area is 102 Å². The highest BCUT2D eigenvalue weighted by atomic mass is 32.2. The van der Waals surface area contributed by atoms with Gasteiger partial charge in [0.2, 0.25) is 0 Å². The molecular formula is C13H18O3S. The van der Waals surface area contributed by atoms with E-state index in [2.05, 4.69) is 0 Å². The van der Waals surface area contributed by atoms with Crippen molar-refractivity contribution in [2.45, 2.75) is 36.9 Å². The zero-order valence-electron chi connectivity index (χ0n) is 10.0. The van der Waals surface area contributed by atoms with Crippen molar-refractivity contribution in [1.82, 2.24) is 0 Å². The number of aromatic hydroxyl groups is 1. The summed E-state index contributed by atoms with van der Waals surface area (Å²) in [5.41, 5.74) is 0.571. The van der Waals surface area contributed by atoms with Gasteiger partial charge < -0.3 is 5.11 Å². The van der Waals surface area contributed by atoms with Crippen LogP contribution in [0.15, 0.2) is 24.3 Å². The summed E-state index contributed by atoms with van der Waals surface area (Å²) in [6.07, 6.45) is 5.39. The maximum atomic E-state index is 12.1. The summed E-state index contributed by atoms with van der Waals surface area (Å²) in [6.45, 7) is 0. The Hall–Kier alpha value is -1.03. The molecule has 1 fully saturated rings. The van der Waals surface area contributed by atoms with Crippen molar-refractivity contribution in [2.75, 3.05) is 6.26 Å². The Balaban J connectivity index is 2.59. The monoisotopic (exact) mass is 254 g/mol. The molecule has 1 aromatic carbocycles. The number of rotatable bonds is 2. The predicted molar refractivity (Wildman–Crippen MR) is 67.7 cm³/mol. The van der Waals surface area contributed by atoms with E-state index in [0.717, 1.165) is 19.3 Å². The van der Waals surface area contributed by atoms with Gasteiger partial charge in [0.25, 0.3) is 0 Å². The van der Waals surface area contributed by atoms with E-state index in [1.807, 2.05) is 0 Å². The highest BCUT2D eigenvalue weighted by Crippen LogP contribution is 2.46. The molecular weight excluding hydrogens is 236 g/mol. The van der Waals surface area contributed by atoms with E-state index in [4.69, 9.17) is 0 Å². The fourth-order valence-electron chi connectivity index (χ4n) is 2.82. The van der Waals surface area contributed by atoms with Crippen LogP contribution in [0, 0.1) is 0 Å². The Morgan fingerprint density at radius 1 is 1.12 bits per heavy atom. The standard InChI is InChI=1S/C13H18O3S/c1-17(15,16)13(9-5-2-6-10-13)11-7-3-4-8-12(11)14/h3-4,7-8,14H,2,5-6,9-10H2,1H3. The van der Waals surface area contributed by atoms with Crippen LogP contribution in [-0.4, -0.2) is 19.8 Å². The summed E-state index contributed by atoms with van der Waals surface area (Å²) in [7, 11) is -3.22. The van der Waals surface area contributed by atoms with Crippen molar-refractivity contribution in [2.24, 2.45) is 0 Å². The van der Waals surface area contributed by atoms with E-state index in [1.54, 1.807) is 24.3 Å². The van der Waals surface area contributed by atoms with Gasteiger partial charge in [-0.3, -0.25) is 0 Å². The van der Waals surface area contributed by atoms with E-state index in [1.165, 1.54) is 6.26 Å². The van der Waals surface area contributed by atoms with E-state index in [9.17, 15) is 13.5 Å². The molecule has 2 rings (SSSR count). The lowest BCUT2D eigenvalue weighted by atomic mass is 9.82. The first kappa shape index (κ1) is 12.4. The second kappa shape index (κ2) is 4.33. The molecule has 3 nitrogen and oxygen atoms in total. The van der Waals surface area contributed by atoms with Crippen LogP contribution in [0.3, 0.4) is 0 Å². The minimum Gasteiger partial charge on any atom is -0.508 e. The molecule has 0 heterocycles. The molecule has 0 spiro atoms. The smallest absolute Gasteiger partial charge is 0.157 e. The van der Waals surface area contributed by atoms with Gasteiger partial charge in [-0.1, -0.05) is 37.5 Å². The molecule has 0 bridgehead atoms. The van der Waals surface area contributed by atoms with E-state index < -0.39 is 14.6 Å². The fourth-order valence-corrected chi connectivity index (χ4v) is 4.42. The van der Waals surface area contributed by atoms with Crippen LogP contribution in [-0.2, 0) is 14.6 Å². The fraction of sp³-hybridized carbons (Fsp3) is 0.538. The average Bonchev–Trinajstić information content (AvgIpc) is 2.29. The van der Waals surface area contributed by atoms with Crippen LogP contribution in [0.1, 0.15) is 37.7 Å². The SMILES string of the molecule is CS(=O)(=O)C1(c2ccccc2O)CCCCC1. The van der Waals surface area contributed by atoms with E-state index >= 15 is 0 Å². The molecule has 0 atom stereocenters. The second-order valence-electron chi connectivity index (χ2n) is 4.84. The zero-order chi connectivity index (χ0) is 12.5. The van der Waals surface area contributed by atoms with Gasteiger partial charge in [0.1, 0.15) is 10.5 Å². The molecule has 0 aliphatic heterocycles. The summed E-state index contributed by atoms with van der Waals surface area (Å²) in [5.74, 6) is 0.0971. The minimum absolute atomic E-state index is 0.0971. The van der Waals surface area contributed by atoms with Crippen LogP contribution in [0.2, 0.25) is 0 Å². The van der Waals surface area contributed by atoms with Gasteiger partial charge in [-0.15, -0.1) is 0 Å². The van der Waals surface area contributed by atoms with Gasteiger partial charge in [-0.2, -0.15) is 0 Å². The highest BCUT2D eigenvalue weighted by Gasteiger charge is 2.44. The molecule has 0 aromatic heterocycles. The molecule has 1 aromatic rings. The first-order valence-corrected chi connectivity index (χ1v) is 7.85. The number of sulfone groups is 1. The molecule has 0 amide bonds. The third kappa shape index (κ3) is 2.06. The molecule has 1 N–H and O–H groups in total. The van der Waals surface area contributed by atoms with Gasteiger partial charge in [-0.25, -0.2) is 8.42 Å². The van der Waals surface area contributed by atoms with E-state index in [-0.39, 0.29) is 5.75 Å². The summed E-state index contributed by atoms with van der Waals surface area (Å²) < 4.78 is 23.4. The van der Waals surface area contributed by atoms with E-state index in [0.29, 0.717) is 18.4 Å². The number of phenols is 1. The van der Waals surface area contributed by atoms with Crippen LogP contribution in [0.25, 0.3) is 0 Å². The lowest BCUT2D eigenvalue weighted by Crippen LogP contribution is -2.37. The van der Waals surface area contributed by atoms with Crippen molar-refractivity contribution in [1.29, 1.82) is 0 Å². The van der Waals surface area contributed by atoms with Crippen molar-refractivity contribution in [3.8, 4) is 5.75 Å². The first-order valence-electron chi connectivity index (χ1n) is 5.95. The van der Waals surface area contributed by atoms with Gasteiger partial charge in [0, 0.05) is 11.8 Å². The molecule has 1 aliphatic carbocycles. The molecule has 17 heavy (non-hydrogen) atoms. The predicted octanol–water partition coefficient (Wildman–Crippen LogP) is 2.60. The molecule has 4 heteroatoms. The van der Waals surface area contributed by atoms with Gasteiger partial charge in [0.15, 0.2) is 9.84 Å². The maximum absolute atomic E-state index is 12.1. The van der Waals surface area contributed by atoms with Crippen molar-refractivity contribution in [3.05, 3.63) is 29.8 Å². The summed E-state index contributed by atoms with van der Waals surface area (Å²) >= 11 is 0. The van der Waals surface area contributed by atoms with Crippen LogP contribution in [0.4, 0.5) is 0 Å². The molecule has 0 saturated heterocycles. The number of phenolic OH excluding ortho intramolecular Hbond substituents is 1. The van der Waals surface area contributed by atoms with Gasteiger partial charge in [0.05, 0.1) is 0 Å². The summed E-state index contributed by atoms with van der Waals surface area (Å²) in [5, 5.41) is 9.93. The maximum Gasteiger partial charge on any atom is 0.157 e. The normalized spacial score (nSPS) is 20.1. The summed E-state index contributed by atoms with van der Waals surface area (Å²) in [4.78, 5) is 0. The first-order chi connectivity index (χ1) is 7.97. The molecule has 1 saturated carbocycles. The lowest BCUT2D eigenvalue weighted by molar-refractivity contribution is 0.366. The average molecular weight is 254 g/mol. The largest absolute Gasteiger partial charge is 0.508 e. The molecule has 94 valence electrons. The Morgan fingerprint density at radius 3 is 2.24 bits per heavy atom. The molecule has 1 aliphatic rings. The number of benzene rings is 1. The minimum atomic E-state index is -3.22. The number of hydrogen-bond donors (Lipinski definition) is 1. The quantitative estimate of drug-likeness (QED) is 0.882. The zero-order valence-corrected chi connectivity index (χ0v) is 10.8. The van der Waals surface area contributed by atoms with Crippen molar-refractivity contribution in [3.63, 3.8) is 0 Å². The third-order valence-corrected chi connectivity index (χ3v) is 5.81. The topological polar surface area (TPSA) is 54.4 Å². The van der Waals surface area contributed by atoms with Crippen LogP contribution >= 0.6 is 0 Å². The van der Waals surface area contributed by atoms with Crippen LogP contribution in [0.5, 0.6) is 5.75 Å². The van der Waals surface area contributed by atoms with Crippen LogP contribution < -0.4 is 0 Å². The summed E-state index contributed by atoms with van der Waals surface area (Å²) in [6, 6.07) is 6.81. The number of para-hydroxylation sites is 1. The Morgan fingerprint density at radius 2 is 1.71 bits per heavy atom. The van der Waals surface area contributed by atoms with Gasteiger partial charge >= 0.3 is 0 Å². The Kier molecular flexibility index (Phi) is 3.17. The lowest BCUT2D eigenvalue weighted by Gasteiger charge is -2.36.